The van der Waals surface area contributed by atoms with E-state index in [1.54, 1.807) is 28.2 Å². The molecule has 1 aromatic carbocycles. The quantitative estimate of drug-likeness (QED) is 0.546. The van der Waals surface area contributed by atoms with Crippen LogP contribution in [-0.2, 0) is 19.5 Å². The van der Waals surface area contributed by atoms with Crippen LogP contribution < -0.4 is 5.56 Å². The summed E-state index contributed by atoms with van der Waals surface area (Å²) in [5, 5.41) is 6.54. The minimum atomic E-state index is -0.268. The Labute approximate surface area is 176 Å². The Morgan fingerprint density at radius 3 is 2.83 bits per heavy atom. The number of nitrogens with zero attached hydrogens (tertiary/aromatic N) is 4. The molecule has 0 spiro atoms. The summed E-state index contributed by atoms with van der Waals surface area (Å²) in [6.07, 6.45) is 2.71. The molecule has 0 aliphatic carbocycles. The lowest BCUT2D eigenvalue weighted by Crippen LogP contribution is -2.35. The zero-order chi connectivity index (χ0) is 20.7. The fourth-order valence-corrected chi connectivity index (χ4v) is 4.43. The lowest BCUT2D eigenvalue weighted by Gasteiger charge is -2.27. The standard InChI is InChI=1S/C22H20FN5OS/c1-14-15(12-28(26-14)17-6-4-16(23)5-7-17)11-27-9-8-19-18(13-27)22(29)25-21(24-19)20-3-2-10-30-20/h2-7,10,12H,8-9,11,13H2,1H3,(H,24,25,29). The van der Waals surface area contributed by atoms with E-state index in [0.717, 1.165) is 46.0 Å². The average molecular weight is 422 g/mol. The summed E-state index contributed by atoms with van der Waals surface area (Å²) in [7, 11) is 0. The second kappa shape index (κ2) is 7.62. The van der Waals surface area contributed by atoms with E-state index in [1.807, 2.05) is 30.6 Å². The number of rotatable bonds is 4. The van der Waals surface area contributed by atoms with Crippen LogP contribution >= 0.6 is 11.3 Å². The molecule has 1 N–H and O–H groups in total. The number of fused-ring (bicyclic) bond motifs is 1. The number of aromatic amines is 1. The van der Waals surface area contributed by atoms with Gasteiger partial charge in [-0.2, -0.15) is 5.10 Å². The largest absolute Gasteiger partial charge is 0.306 e. The van der Waals surface area contributed by atoms with Crippen molar-refractivity contribution in [1.82, 2.24) is 24.6 Å². The number of hydrogen-bond donors (Lipinski definition) is 1. The van der Waals surface area contributed by atoms with Crippen LogP contribution in [-0.4, -0.2) is 31.2 Å². The Morgan fingerprint density at radius 1 is 1.23 bits per heavy atom. The van der Waals surface area contributed by atoms with Crippen LogP contribution in [0.1, 0.15) is 22.5 Å². The molecular weight excluding hydrogens is 401 g/mol. The van der Waals surface area contributed by atoms with E-state index in [1.165, 1.54) is 12.1 Å². The van der Waals surface area contributed by atoms with Gasteiger partial charge in [0.15, 0.2) is 5.82 Å². The van der Waals surface area contributed by atoms with Crippen LogP contribution in [0.15, 0.2) is 52.8 Å². The molecule has 4 heterocycles. The third-order valence-electron chi connectivity index (χ3n) is 5.39. The number of thiophene rings is 1. The maximum atomic E-state index is 13.2. The summed E-state index contributed by atoms with van der Waals surface area (Å²) in [4.78, 5) is 23.6. The number of halogens is 1. The summed E-state index contributed by atoms with van der Waals surface area (Å²) in [6, 6.07) is 10.2. The number of aryl methyl sites for hydroxylation is 1. The highest BCUT2D eigenvalue weighted by Gasteiger charge is 2.23. The van der Waals surface area contributed by atoms with Gasteiger partial charge in [-0.15, -0.1) is 11.3 Å². The fourth-order valence-electron chi connectivity index (χ4n) is 3.76. The number of nitrogens with one attached hydrogen (secondary N) is 1. The third-order valence-corrected chi connectivity index (χ3v) is 6.26. The van der Waals surface area contributed by atoms with Crippen LogP contribution in [0.2, 0.25) is 0 Å². The van der Waals surface area contributed by atoms with Crippen molar-refractivity contribution in [2.75, 3.05) is 6.54 Å². The van der Waals surface area contributed by atoms with Crippen LogP contribution in [0.5, 0.6) is 0 Å². The lowest BCUT2D eigenvalue weighted by molar-refractivity contribution is 0.241. The van der Waals surface area contributed by atoms with E-state index in [4.69, 9.17) is 4.98 Å². The molecule has 6 nitrogen and oxygen atoms in total. The molecule has 4 aromatic rings. The highest BCUT2D eigenvalue weighted by Crippen LogP contribution is 2.23. The SMILES string of the molecule is Cc1nn(-c2ccc(F)cc2)cc1CN1CCc2nc(-c3cccs3)[nH]c(=O)c2C1. The molecule has 0 saturated heterocycles. The Kier molecular flexibility index (Phi) is 4.80. The van der Waals surface area contributed by atoms with Crippen LogP contribution in [0, 0.1) is 12.7 Å². The maximum Gasteiger partial charge on any atom is 0.255 e. The highest BCUT2D eigenvalue weighted by atomic mass is 32.1. The van der Waals surface area contributed by atoms with Crippen molar-refractivity contribution in [3.8, 4) is 16.4 Å². The Balaban J connectivity index is 1.36. The first kappa shape index (κ1) is 18.9. The molecule has 30 heavy (non-hydrogen) atoms. The zero-order valence-electron chi connectivity index (χ0n) is 16.4. The van der Waals surface area contributed by atoms with Gasteiger partial charge in [0.1, 0.15) is 5.82 Å². The summed E-state index contributed by atoms with van der Waals surface area (Å²) < 4.78 is 15.0. The minimum absolute atomic E-state index is 0.0631. The summed E-state index contributed by atoms with van der Waals surface area (Å²) in [5.41, 5.74) is 4.39. The third kappa shape index (κ3) is 3.59. The zero-order valence-corrected chi connectivity index (χ0v) is 17.2. The van der Waals surface area contributed by atoms with Gasteiger partial charge in [-0.3, -0.25) is 9.69 Å². The first-order valence-corrected chi connectivity index (χ1v) is 10.6. The van der Waals surface area contributed by atoms with Crippen LogP contribution in [0.4, 0.5) is 4.39 Å². The molecule has 5 rings (SSSR count). The maximum absolute atomic E-state index is 13.2. The number of benzene rings is 1. The van der Waals surface area contributed by atoms with E-state index >= 15 is 0 Å². The predicted octanol–water partition coefficient (Wildman–Crippen LogP) is 3.69. The van der Waals surface area contributed by atoms with E-state index in [2.05, 4.69) is 15.0 Å². The van der Waals surface area contributed by atoms with Crippen molar-refractivity contribution in [3.05, 3.63) is 86.7 Å². The first-order chi connectivity index (χ1) is 14.6. The summed E-state index contributed by atoms with van der Waals surface area (Å²) in [5.74, 6) is 0.384. The van der Waals surface area contributed by atoms with Crippen molar-refractivity contribution in [1.29, 1.82) is 0 Å². The van der Waals surface area contributed by atoms with Gasteiger partial charge in [-0.05, 0) is 42.6 Å². The Morgan fingerprint density at radius 2 is 2.07 bits per heavy atom. The molecule has 0 radical (unpaired) electrons. The molecule has 1 aliphatic heterocycles. The molecule has 0 fully saturated rings. The van der Waals surface area contributed by atoms with Crippen molar-refractivity contribution in [2.24, 2.45) is 0 Å². The van der Waals surface area contributed by atoms with E-state index in [0.29, 0.717) is 18.9 Å². The predicted molar refractivity (Wildman–Crippen MR) is 114 cm³/mol. The van der Waals surface area contributed by atoms with E-state index < -0.39 is 0 Å². The molecule has 0 amide bonds. The van der Waals surface area contributed by atoms with Crippen molar-refractivity contribution < 1.29 is 4.39 Å². The molecule has 152 valence electrons. The van der Waals surface area contributed by atoms with E-state index in [-0.39, 0.29) is 11.4 Å². The minimum Gasteiger partial charge on any atom is -0.306 e. The molecule has 0 unspecified atom stereocenters. The van der Waals surface area contributed by atoms with Crippen molar-refractivity contribution in [3.63, 3.8) is 0 Å². The number of aromatic nitrogens is 4. The first-order valence-electron chi connectivity index (χ1n) is 9.76. The van der Waals surface area contributed by atoms with Gasteiger partial charge < -0.3 is 4.98 Å². The second-order valence-electron chi connectivity index (χ2n) is 7.44. The molecule has 8 heteroatoms. The van der Waals surface area contributed by atoms with Crippen LogP contribution in [0.25, 0.3) is 16.4 Å². The number of H-pyrrole nitrogens is 1. The van der Waals surface area contributed by atoms with Gasteiger partial charge in [0.25, 0.3) is 5.56 Å². The van der Waals surface area contributed by atoms with Gasteiger partial charge in [0.2, 0.25) is 0 Å². The Bertz CT molecular complexity index is 1240. The lowest BCUT2D eigenvalue weighted by atomic mass is 10.1. The molecule has 3 aromatic heterocycles. The summed E-state index contributed by atoms with van der Waals surface area (Å²) >= 11 is 1.57. The smallest absolute Gasteiger partial charge is 0.255 e. The molecular formula is C22H20FN5OS. The monoisotopic (exact) mass is 421 g/mol. The van der Waals surface area contributed by atoms with E-state index in [9.17, 15) is 9.18 Å². The summed E-state index contributed by atoms with van der Waals surface area (Å²) in [6.45, 7) is 4.05. The Hall–Kier alpha value is -3.10. The molecule has 1 aliphatic rings. The molecule has 0 bridgehead atoms. The average Bonchev–Trinajstić information content (AvgIpc) is 3.40. The van der Waals surface area contributed by atoms with Crippen LogP contribution in [0.3, 0.4) is 0 Å². The molecule has 0 atom stereocenters. The van der Waals surface area contributed by atoms with Gasteiger partial charge in [-0.25, -0.2) is 14.1 Å². The normalized spacial score (nSPS) is 14.1. The van der Waals surface area contributed by atoms with Gasteiger partial charge in [0, 0.05) is 37.8 Å². The fraction of sp³-hybridized carbons (Fsp3) is 0.227. The molecule has 0 saturated carbocycles. The second-order valence-corrected chi connectivity index (χ2v) is 8.39. The number of hydrogen-bond acceptors (Lipinski definition) is 5. The van der Waals surface area contributed by atoms with Crippen molar-refractivity contribution >= 4 is 11.3 Å². The van der Waals surface area contributed by atoms with Gasteiger partial charge >= 0.3 is 0 Å². The van der Waals surface area contributed by atoms with Gasteiger partial charge in [0.05, 0.1) is 27.5 Å². The van der Waals surface area contributed by atoms with Gasteiger partial charge in [-0.1, -0.05) is 6.07 Å². The highest BCUT2D eigenvalue weighted by molar-refractivity contribution is 7.13. The topological polar surface area (TPSA) is 66.8 Å². The van der Waals surface area contributed by atoms with Crippen molar-refractivity contribution in [2.45, 2.75) is 26.4 Å².